The van der Waals surface area contributed by atoms with Crippen LogP contribution in [0.15, 0.2) is 176 Å². The standard InChI is InChI=1S/C50H29N5/c1-52-42-29-33(23-26-49(42)55-46-20-10-5-15-38(46)40-25-22-32(31-51)28-50(40)55)35-12-2-7-17-43(35)54-47-21-11-6-16-39(47)41-30-34(24-27-48(41)54)53-44-18-8-3-13-36(44)37-14-4-9-19-45(37)53/h2-30H. The van der Waals surface area contributed by atoms with E-state index in [9.17, 15) is 5.26 Å². The van der Waals surface area contributed by atoms with E-state index in [0.717, 1.165) is 61.0 Å². The maximum atomic E-state index is 9.76. The van der Waals surface area contributed by atoms with E-state index < -0.39 is 0 Å². The van der Waals surface area contributed by atoms with Crippen LogP contribution in [0.4, 0.5) is 5.69 Å². The van der Waals surface area contributed by atoms with Crippen LogP contribution in [0.5, 0.6) is 0 Å². The zero-order valence-corrected chi connectivity index (χ0v) is 29.5. The summed E-state index contributed by atoms with van der Waals surface area (Å²) < 4.78 is 6.85. The average Bonchev–Trinajstić information content (AvgIpc) is 3.88. The van der Waals surface area contributed by atoms with Crippen LogP contribution < -0.4 is 0 Å². The second kappa shape index (κ2) is 11.8. The molecule has 3 heterocycles. The van der Waals surface area contributed by atoms with E-state index in [-0.39, 0.29) is 0 Å². The number of aromatic nitrogens is 3. The second-order valence-electron chi connectivity index (χ2n) is 14.0. The molecule has 0 amide bonds. The molecule has 0 atom stereocenters. The number of rotatable bonds is 4. The van der Waals surface area contributed by atoms with E-state index in [1.54, 1.807) is 0 Å². The maximum Gasteiger partial charge on any atom is 0.211 e. The first-order chi connectivity index (χ1) is 27.2. The van der Waals surface area contributed by atoms with Crippen LogP contribution in [0.25, 0.3) is 98.5 Å². The van der Waals surface area contributed by atoms with Crippen molar-refractivity contribution in [2.24, 2.45) is 0 Å². The molecule has 0 aliphatic carbocycles. The van der Waals surface area contributed by atoms with E-state index in [4.69, 9.17) is 6.57 Å². The van der Waals surface area contributed by atoms with Crippen molar-refractivity contribution in [2.75, 3.05) is 0 Å². The molecular weight excluding hydrogens is 671 g/mol. The van der Waals surface area contributed by atoms with Gasteiger partial charge in [-0.2, -0.15) is 5.26 Å². The molecule has 3 aromatic heterocycles. The van der Waals surface area contributed by atoms with Gasteiger partial charge in [-0.05, 0) is 78.4 Å². The Morgan fingerprint density at radius 1 is 0.418 bits per heavy atom. The van der Waals surface area contributed by atoms with Gasteiger partial charge >= 0.3 is 0 Å². The smallest absolute Gasteiger partial charge is 0.211 e. The quantitative estimate of drug-likeness (QED) is 0.169. The number of hydrogen-bond donors (Lipinski definition) is 0. The molecule has 0 N–H and O–H groups in total. The van der Waals surface area contributed by atoms with Gasteiger partial charge < -0.3 is 13.7 Å². The van der Waals surface area contributed by atoms with Crippen molar-refractivity contribution in [2.45, 2.75) is 0 Å². The molecule has 0 fully saturated rings. The molecule has 5 nitrogen and oxygen atoms in total. The monoisotopic (exact) mass is 699 g/mol. The first-order valence-electron chi connectivity index (χ1n) is 18.3. The lowest BCUT2D eigenvalue weighted by molar-refractivity contribution is 1.16. The SMILES string of the molecule is [C-]#[N+]c1cc(-c2ccccc2-n2c3ccccc3c3cc(-n4c5ccccc5c5ccccc54)ccc32)ccc1-n1c2ccccc2c2ccc(C#N)cc21. The predicted molar refractivity (Wildman–Crippen MR) is 226 cm³/mol. The van der Waals surface area contributed by atoms with Crippen LogP contribution in [0.1, 0.15) is 5.56 Å². The largest absolute Gasteiger partial charge is 0.319 e. The molecule has 0 spiro atoms. The fourth-order valence-corrected chi connectivity index (χ4v) is 8.74. The molecular formula is C50H29N5. The van der Waals surface area contributed by atoms with Crippen molar-refractivity contribution >= 4 is 71.1 Å². The van der Waals surface area contributed by atoms with E-state index in [1.807, 2.05) is 42.5 Å². The minimum atomic E-state index is 0.537. The van der Waals surface area contributed by atoms with E-state index in [1.165, 1.54) is 32.6 Å². The summed E-state index contributed by atoms with van der Waals surface area (Å²) in [4.78, 5) is 4.09. The highest BCUT2D eigenvalue weighted by Gasteiger charge is 2.20. The molecule has 11 aromatic rings. The predicted octanol–water partition coefficient (Wildman–Crippen LogP) is 13.1. The zero-order valence-electron chi connectivity index (χ0n) is 29.5. The normalized spacial score (nSPS) is 11.6. The van der Waals surface area contributed by atoms with Crippen LogP contribution in [0.3, 0.4) is 0 Å². The van der Waals surface area contributed by atoms with Crippen LogP contribution >= 0.6 is 0 Å². The van der Waals surface area contributed by atoms with Crippen molar-refractivity contribution in [3.8, 4) is 34.3 Å². The molecule has 0 unspecified atom stereocenters. The van der Waals surface area contributed by atoms with Gasteiger partial charge in [0.05, 0.1) is 62.7 Å². The Hall–Kier alpha value is -7.86. The number of hydrogen-bond acceptors (Lipinski definition) is 1. The Bertz CT molecular complexity index is 3420. The third-order valence-electron chi connectivity index (χ3n) is 11.1. The number of nitrogens with zero attached hydrogens (tertiary/aromatic N) is 5. The minimum Gasteiger partial charge on any atom is -0.319 e. The first kappa shape index (κ1) is 30.7. The Balaban J connectivity index is 1.11. The van der Waals surface area contributed by atoms with Crippen molar-refractivity contribution in [3.63, 3.8) is 0 Å². The van der Waals surface area contributed by atoms with Crippen molar-refractivity contribution < 1.29 is 0 Å². The number of nitriles is 1. The summed E-state index contributed by atoms with van der Waals surface area (Å²) in [6.07, 6.45) is 0. The molecule has 254 valence electrons. The van der Waals surface area contributed by atoms with Crippen LogP contribution in [0, 0.1) is 17.9 Å². The number of para-hydroxylation sites is 5. The molecule has 8 aromatic carbocycles. The Labute approximate surface area is 316 Å². The Morgan fingerprint density at radius 2 is 0.945 bits per heavy atom. The molecule has 0 saturated heterocycles. The summed E-state index contributed by atoms with van der Waals surface area (Å²) in [7, 11) is 0. The third kappa shape index (κ3) is 4.45. The highest BCUT2D eigenvalue weighted by molar-refractivity contribution is 6.13. The zero-order chi connectivity index (χ0) is 36.6. The van der Waals surface area contributed by atoms with Gasteiger partial charge in [-0.3, -0.25) is 0 Å². The Kier molecular flexibility index (Phi) is 6.61. The molecule has 11 rings (SSSR count). The van der Waals surface area contributed by atoms with Crippen LogP contribution in [-0.2, 0) is 0 Å². The molecule has 0 bridgehead atoms. The van der Waals surface area contributed by atoms with E-state index in [0.29, 0.717) is 11.3 Å². The number of fused-ring (bicyclic) bond motifs is 9. The lowest BCUT2D eigenvalue weighted by Gasteiger charge is -2.16. The van der Waals surface area contributed by atoms with Gasteiger partial charge in [0.15, 0.2) is 0 Å². The van der Waals surface area contributed by atoms with Gasteiger partial charge in [0.25, 0.3) is 0 Å². The van der Waals surface area contributed by atoms with Gasteiger partial charge in [-0.1, -0.05) is 103 Å². The van der Waals surface area contributed by atoms with Gasteiger partial charge in [0, 0.05) is 43.6 Å². The lowest BCUT2D eigenvalue weighted by atomic mass is 10.0. The minimum absolute atomic E-state index is 0.537. The first-order valence-corrected chi connectivity index (χ1v) is 18.3. The molecule has 0 saturated carbocycles. The molecule has 0 aliphatic rings. The summed E-state index contributed by atoms with van der Waals surface area (Å²) in [6.45, 7) is 8.38. The maximum absolute atomic E-state index is 9.76. The van der Waals surface area contributed by atoms with E-state index >= 15 is 0 Å². The van der Waals surface area contributed by atoms with Gasteiger partial charge in [-0.15, -0.1) is 0 Å². The van der Waals surface area contributed by atoms with E-state index in [2.05, 4.69) is 158 Å². The van der Waals surface area contributed by atoms with Gasteiger partial charge in [-0.25, -0.2) is 4.85 Å². The number of benzene rings is 8. The average molecular weight is 700 g/mol. The topological polar surface area (TPSA) is 42.9 Å². The van der Waals surface area contributed by atoms with Crippen LogP contribution in [-0.4, -0.2) is 13.7 Å². The van der Waals surface area contributed by atoms with Crippen molar-refractivity contribution in [1.82, 2.24) is 13.7 Å². The Morgan fingerprint density at radius 3 is 1.58 bits per heavy atom. The fourth-order valence-electron chi connectivity index (χ4n) is 8.74. The van der Waals surface area contributed by atoms with Crippen LogP contribution in [0.2, 0.25) is 0 Å². The van der Waals surface area contributed by atoms with Gasteiger partial charge in [0.2, 0.25) is 5.69 Å². The van der Waals surface area contributed by atoms with Crippen molar-refractivity contribution in [1.29, 1.82) is 5.26 Å². The summed E-state index contributed by atoms with van der Waals surface area (Å²) in [5.74, 6) is 0. The molecule has 0 radical (unpaired) electrons. The van der Waals surface area contributed by atoms with Gasteiger partial charge in [0.1, 0.15) is 0 Å². The summed E-state index contributed by atoms with van der Waals surface area (Å²) in [5, 5.41) is 16.7. The molecule has 0 aliphatic heterocycles. The summed E-state index contributed by atoms with van der Waals surface area (Å²) >= 11 is 0. The highest BCUT2D eigenvalue weighted by atomic mass is 15.0. The van der Waals surface area contributed by atoms with Crippen molar-refractivity contribution in [3.05, 3.63) is 193 Å². The second-order valence-corrected chi connectivity index (χ2v) is 14.0. The molecule has 55 heavy (non-hydrogen) atoms. The summed E-state index contributed by atoms with van der Waals surface area (Å²) in [5.41, 5.74) is 12.5. The fraction of sp³-hybridized carbons (Fsp3) is 0. The highest BCUT2D eigenvalue weighted by Crippen LogP contribution is 2.42. The third-order valence-corrected chi connectivity index (χ3v) is 11.1. The molecule has 5 heteroatoms. The summed E-state index contributed by atoms with van der Waals surface area (Å²) in [6, 6.07) is 63.6. The lowest BCUT2D eigenvalue weighted by Crippen LogP contribution is -1.99.